The lowest BCUT2D eigenvalue weighted by Crippen LogP contribution is -2.46. The molecule has 7 heteroatoms. The van der Waals surface area contributed by atoms with Gasteiger partial charge in [-0.1, -0.05) is 35.3 Å². The summed E-state index contributed by atoms with van der Waals surface area (Å²) in [5.41, 5.74) is 1.92. The third-order valence-electron chi connectivity index (χ3n) is 4.66. The van der Waals surface area contributed by atoms with Gasteiger partial charge in [0.1, 0.15) is 6.54 Å². The molecule has 1 aliphatic heterocycles. The molecule has 0 radical (unpaired) electrons. The Balaban J connectivity index is 1.97. The highest BCUT2D eigenvalue weighted by atomic mass is 35.5. The van der Waals surface area contributed by atoms with Crippen molar-refractivity contribution in [1.82, 2.24) is 9.80 Å². The summed E-state index contributed by atoms with van der Waals surface area (Å²) in [4.78, 5) is 29.5. The second-order valence-corrected chi connectivity index (χ2v) is 8.24. The van der Waals surface area contributed by atoms with Crippen LogP contribution in [-0.2, 0) is 16.0 Å². The van der Waals surface area contributed by atoms with E-state index in [-0.39, 0.29) is 24.4 Å². The summed E-state index contributed by atoms with van der Waals surface area (Å²) in [6.07, 6.45) is 2.41. The number of hydrogen-bond donors (Lipinski definition) is 0. The van der Waals surface area contributed by atoms with Crippen molar-refractivity contribution >= 4 is 46.4 Å². The predicted octanol–water partition coefficient (Wildman–Crippen LogP) is 4.56. The maximum absolute atomic E-state index is 13.1. The maximum atomic E-state index is 13.1. The number of nitrogens with zero attached hydrogens (tertiary/aromatic N) is 2. The zero-order chi connectivity index (χ0) is 19.6. The minimum atomic E-state index is -0.283. The minimum Gasteiger partial charge on any atom is -0.330 e. The summed E-state index contributed by atoms with van der Waals surface area (Å²) < 4.78 is 0. The van der Waals surface area contributed by atoms with Crippen LogP contribution in [0.1, 0.15) is 29.0 Å². The lowest BCUT2D eigenvalue weighted by molar-refractivity contribution is -0.140. The van der Waals surface area contributed by atoms with Gasteiger partial charge in [0, 0.05) is 34.9 Å². The Morgan fingerprint density at radius 1 is 1.33 bits per heavy atom. The second kappa shape index (κ2) is 8.46. The number of benzene rings is 1. The SMILES string of the molecule is C=CCN(CC(=O)N1CCc2sccc2C1c1ccc(Cl)cc1Cl)C(C)=O. The van der Waals surface area contributed by atoms with Crippen LogP contribution >= 0.6 is 34.5 Å². The molecule has 1 aliphatic rings. The van der Waals surface area contributed by atoms with Gasteiger partial charge in [-0.05, 0) is 41.1 Å². The average Bonchev–Trinajstić information content (AvgIpc) is 3.09. The van der Waals surface area contributed by atoms with Gasteiger partial charge in [-0.2, -0.15) is 0 Å². The van der Waals surface area contributed by atoms with E-state index in [1.54, 1.807) is 29.5 Å². The van der Waals surface area contributed by atoms with Gasteiger partial charge in [0.05, 0.1) is 6.04 Å². The van der Waals surface area contributed by atoms with Crippen molar-refractivity contribution < 1.29 is 9.59 Å². The third-order valence-corrected chi connectivity index (χ3v) is 6.22. The van der Waals surface area contributed by atoms with E-state index in [1.807, 2.05) is 22.4 Å². The fourth-order valence-electron chi connectivity index (χ4n) is 3.36. The van der Waals surface area contributed by atoms with Crippen LogP contribution in [0.2, 0.25) is 10.0 Å². The molecule has 0 saturated carbocycles. The molecule has 0 bridgehead atoms. The molecule has 142 valence electrons. The van der Waals surface area contributed by atoms with Crippen LogP contribution in [0.4, 0.5) is 0 Å². The summed E-state index contributed by atoms with van der Waals surface area (Å²) in [5, 5.41) is 3.12. The van der Waals surface area contributed by atoms with Crippen LogP contribution in [0, 0.1) is 0 Å². The molecule has 1 aromatic carbocycles. The van der Waals surface area contributed by atoms with Crippen LogP contribution in [0.5, 0.6) is 0 Å². The fraction of sp³-hybridized carbons (Fsp3) is 0.300. The highest BCUT2D eigenvalue weighted by molar-refractivity contribution is 7.10. The van der Waals surface area contributed by atoms with Crippen molar-refractivity contribution in [3.8, 4) is 0 Å². The molecule has 0 spiro atoms. The molecule has 1 atom stereocenters. The number of fused-ring (bicyclic) bond motifs is 1. The number of hydrogen-bond acceptors (Lipinski definition) is 3. The topological polar surface area (TPSA) is 40.6 Å². The number of carbonyl (C=O) groups excluding carboxylic acids is 2. The molecular weight excluding hydrogens is 403 g/mol. The van der Waals surface area contributed by atoms with Gasteiger partial charge in [0.15, 0.2) is 0 Å². The quantitative estimate of drug-likeness (QED) is 0.662. The monoisotopic (exact) mass is 422 g/mol. The number of amides is 2. The smallest absolute Gasteiger partial charge is 0.243 e. The summed E-state index contributed by atoms with van der Waals surface area (Å²) in [7, 11) is 0. The van der Waals surface area contributed by atoms with Crippen LogP contribution in [0.25, 0.3) is 0 Å². The van der Waals surface area contributed by atoms with E-state index in [9.17, 15) is 9.59 Å². The number of thiophene rings is 1. The average molecular weight is 423 g/mol. The zero-order valence-corrected chi connectivity index (χ0v) is 17.3. The van der Waals surface area contributed by atoms with Crippen LogP contribution in [-0.4, -0.2) is 41.2 Å². The van der Waals surface area contributed by atoms with Crippen molar-refractivity contribution in [1.29, 1.82) is 0 Å². The number of halogens is 2. The van der Waals surface area contributed by atoms with E-state index in [0.29, 0.717) is 23.1 Å². The van der Waals surface area contributed by atoms with E-state index < -0.39 is 0 Å². The molecule has 2 heterocycles. The van der Waals surface area contributed by atoms with Gasteiger partial charge >= 0.3 is 0 Å². The van der Waals surface area contributed by atoms with Gasteiger partial charge in [0.25, 0.3) is 0 Å². The number of rotatable bonds is 5. The molecule has 0 N–H and O–H groups in total. The number of carbonyl (C=O) groups is 2. The molecule has 1 unspecified atom stereocenters. The van der Waals surface area contributed by atoms with Crippen molar-refractivity contribution in [2.24, 2.45) is 0 Å². The second-order valence-electron chi connectivity index (χ2n) is 6.39. The maximum Gasteiger partial charge on any atom is 0.243 e. The van der Waals surface area contributed by atoms with Crippen molar-refractivity contribution in [3.63, 3.8) is 0 Å². The first-order valence-corrected chi connectivity index (χ1v) is 10.2. The van der Waals surface area contributed by atoms with Crippen LogP contribution in [0.3, 0.4) is 0 Å². The summed E-state index contributed by atoms with van der Waals surface area (Å²) >= 11 is 14.2. The summed E-state index contributed by atoms with van der Waals surface area (Å²) in [6.45, 7) is 6.05. The van der Waals surface area contributed by atoms with Crippen LogP contribution < -0.4 is 0 Å². The molecule has 4 nitrogen and oxygen atoms in total. The molecule has 1 aromatic heterocycles. The third kappa shape index (κ3) is 4.21. The molecular formula is C20H20Cl2N2O2S. The van der Waals surface area contributed by atoms with Gasteiger partial charge in [-0.25, -0.2) is 0 Å². The Morgan fingerprint density at radius 3 is 2.78 bits per heavy atom. The lowest BCUT2D eigenvalue weighted by Gasteiger charge is -2.37. The van der Waals surface area contributed by atoms with E-state index in [2.05, 4.69) is 6.58 Å². The first-order valence-electron chi connectivity index (χ1n) is 8.59. The van der Waals surface area contributed by atoms with Crippen molar-refractivity contribution in [3.05, 3.63) is 68.3 Å². The highest BCUT2D eigenvalue weighted by Crippen LogP contribution is 2.41. The Labute approximate surface area is 173 Å². The Hall–Kier alpha value is -1.82. The highest BCUT2D eigenvalue weighted by Gasteiger charge is 2.34. The Bertz CT molecular complexity index is 881. The normalized spacial score (nSPS) is 16.0. The van der Waals surface area contributed by atoms with Gasteiger partial charge < -0.3 is 9.80 Å². The molecule has 2 amide bonds. The molecule has 27 heavy (non-hydrogen) atoms. The Kier molecular flexibility index (Phi) is 6.25. The van der Waals surface area contributed by atoms with Crippen molar-refractivity contribution in [2.75, 3.05) is 19.6 Å². The first kappa shape index (κ1) is 19.9. The zero-order valence-electron chi connectivity index (χ0n) is 15.0. The largest absolute Gasteiger partial charge is 0.330 e. The van der Waals surface area contributed by atoms with Crippen molar-refractivity contribution in [2.45, 2.75) is 19.4 Å². The van der Waals surface area contributed by atoms with E-state index in [0.717, 1.165) is 17.5 Å². The molecule has 2 aromatic rings. The molecule has 3 rings (SSSR count). The fourth-order valence-corrected chi connectivity index (χ4v) is 4.77. The van der Waals surface area contributed by atoms with E-state index in [1.165, 1.54) is 16.7 Å². The standard InChI is InChI=1S/C20H20Cl2N2O2S/c1-3-8-23(13(2)25)12-19(26)24-9-6-18-16(7-10-27-18)20(24)15-5-4-14(21)11-17(15)22/h3-5,7,10-11,20H,1,6,8-9,12H2,2H3. The molecule has 0 aliphatic carbocycles. The van der Waals surface area contributed by atoms with Gasteiger partial charge in [0.2, 0.25) is 11.8 Å². The van der Waals surface area contributed by atoms with Gasteiger partial charge in [-0.15, -0.1) is 17.9 Å². The van der Waals surface area contributed by atoms with Crippen LogP contribution in [0.15, 0.2) is 42.3 Å². The summed E-state index contributed by atoms with van der Waals surface area (Å²) in [5.74, 6) is -0.266. The lowest BCUT2D eigenvalue weighted by atomic mass is 9.93. The molecule has 0 saturated heterocycles. The predicted molar refractivity (Wildman–Crippen MR) is 110 cm³/mol. The van der Waals surface area contributed by atoms with E-state index >= 15 is 0 Å². The summed E-state index contributed by atoms with van der Waals surface area (Å²) in [6, 6.07) is 7.11. The van der Waals surface area contributed by atoms with Gasteiger partial charge in [-0.3, -0.25) is 9.59 Å². The first-order chi connectivity index (χ1) is 12.9. The van der Waals surface area contributed by atoms with E-state index in [4.69, 9.17) is 23.2 Å². The minimum absolute atomic E-state index is 0.0164. The molecule has 0 fully saturated rings. The Morgan fingerprint density at radius 2 is 2.11 bits per heavy atom.